The summed E-state index contributed by atoms with van der Waals surface area (Å²) in [5.41, 5.74) is 0. The van der Waals surface area contributed by atoms with Gasteiger partial charge in [0.05, 0.1) is 25.7 Å². The first-order valence-electron chi connectivity index (χ1n) is 7.49. The van der Waals surface area contributed by atoms with E-state index in [9.17, 15) is 53.4 Å². The van der Waals surface area contributed by atoms with Crippen LogP contribution < -0.4 is 0 Å². The molecule has 1 fully saturated rings. The van der Waals surface area contributed by atoms with Crippen molar-refractivity contribution in [1.29, 1.82) is 0 Å². The highest BCUT2D eigenvalue weighted by atomic mass is 19.4. The van der Waals surface area contributed by atoms with Gasteiger partial charge in [0.25, 0.3) is 5.92 Å². The van der Waals surface area contributed by atoms with Crippen molar-refractivity contribution in [2.24, 2.45) is 0 Å². The summed E-state index contributed by atoms with van der Waals surface area (Å²) in [6.45, 7) is 0.322. The molecule has 0 saturated carbocycles. The number of hydrogen-bond acceptors (Lipinski definition) is 3. The van der Waals surface area contributed by atoms with Gasteiger partial charge in [0.1, 0.15) is 0 Å². The van der Waals surface area contributed by atoms with E-state index in [1.807, 2.05) is 0 Å². The molecule has 1 atom stereocenters. The molecule has 1 aliphatic rings. The van der Waals surface area contributed by atoms with E-state index in [-0.39, 0.29) is 26.3 Å². The monoisotopic (exact) mass is 427 g/mol. The zero-order valence-corrected chi connectivity index (χ0v) is 13.5. The average molecular weight is 427 g/mol. The molecule has 1 unspecified atom stereocenters. The maximum absolute atomic E-state index is 13.6. The van der Waals surface area contributed by atoms with Crippen molar-refractivity contribution in [3.05, 3.63) is 0 Å². The highest BCUT2D eigenvalue weighted by molar-refractivity contribution is 5.02. The second-order valence-corrected chi connectivity index (χ2v) is 6.15. The summed E-state index contributed by atoms with van der Waals surface area (Å²) in [5.74, 6) is -25.6. The predicted octanol–water partition coefficient (Wildman–Crippen LogP) is 3.56. The van der Waals surface area contributed by atoms with Crippen LogP contribution in [-0.4, -0.2) is 78.8 Å². The van der Waals surface area contributed by atoms with Crippen LogP contribution in [0.2, 0.25) is 0 Å². The van der Waals surface area contributed by atoms with Crippen molar-refractivity contribution in [2.75, 3.05) is 32.8 Å². The first-order chi connectivity index (χ1) is 11.9. The first kappa shape index (κ1) is 24.1. The van der Waals surface area contributed by atoms with Crippen molar-refractivity contribution < 1.29 is 58.1 Å². The molecule has 0 amide bonds. The van der Waals surface area contributed by atoms with E-state index in [4.69, 9.17) is 4.74 Å². The van der Waals surface area contributed by atoms with Crippen molar-refractivity contribution in [3.8, 4) is 0 Å². The number of aliphatic hydroxyl groups is 1. The molecule has 1 N–H and O–H groups in total. The van der Waals surface area contributed by atoms with Crippen LogP contribution >= 0.6 is 0 Å². The second kappa shape index (κ2) is 7.85. The van der Waals surface area contributed by atoms with Crippen LogP contribution in [0.4, 0.5) is 48.3 Å². The van der Waals surface area contributed by atoms with Gasteiger partial charge in [-0.25, -0.2) is 8.78 Å². The van der Waals surface area contributed by atoms with Gasteiger partial charge in [0.2, 0.25) is 0 Å². The number of halogens is 11. The molecule has 0 radical (unpaired) electrons. The lowest BCUT2D eigenvalue weighted by molar-refractivity contribution is -0.401. The average Bonchev–Trinajstić information content (AvgIpc) is 2.44. The van der Waals surface area contributed by atoms with Gasteiger partial charge in [-0.05, 0) is 0 Å². The molecule has 27 heavy (non-hydrogen) atoms. The topological polar surface area (TPSA) is 32.7 Å². The molecule has 14 heteroatoms. The van der Waals surface area contributed by atoms with Gasteiger partial charge in [0.15, 0.2) is 0 Å². The third kappa shape index (κ3) is 5.56. The zero-order valence-electron chi connectivity index (χ0n) is 13.5. The number of ether oxygens (including phenoxy) is 1. The number of nitrogens with zero attached hydrogens (tertiary/aromatic N) is 1. The fourth-order valence-corrected chi connectivity index (χ4v) is 2.41. The third-order valence-electron chi connectivity index (χ3n) is 3.80. The number of rotatable bonds is 8. The fourth-order valence-electron chi connectivity index (χ4n) is 2.41. The molecule has 1 heterocycles. The number of alkyl halides is 11. The SMILES string of the molecule is OC(CN1CCOCC1)CC(F)(F)CC(F)(F)C(F)(F)C(F)(F)C(F)(F)F. The predicted molar refractivity (Wildman–Crippen MR) is 68.3 cm³/mol. The zero-order chi connectivity index (χ0) is 21.3. The molecular weight excluding hydrogens is 411 g/mol. The summed E-state index contributed by atoms with van der Waals surface area (Å²) in [5, 5.41) is 9.50. The van der Waals surface area contributed by atoms with Crippen molar-refractivity contribution in [3.63, 3.8) is 0 Å². The Bertz CT molecular complexity index is 489. The Morgan fingerprint density at radius 2 is 1.30 bits per heavy atom. The van der Waals surface area contributed by atoms with Crippen LogP contribution in [-0.2, 0) is 4.74 Å². The van der Waals surface area contributed by atoms with E-state index < -0.39 is 55.4 Å². The van der Waals surface area contributed by atoms with Gasteiger partial charge in [-0.2, -0.15) is 39.5 Å². The molecule has 0 aromatic heterocycles. The quantitative estimate of drug-likeness (QED) is 0.602. The number of morpholine rings is 1. The van der Waals surface area contributed by atoms with Crippen LogP contribution in [0.25, 0.3) is 0 Å². The Morgan fingerprint density at radius 1 is 0.815 bits per heavy atom. The van der Waals surface area contributed by atoms with Gasteiger partial charge in [-0.3, -0.25) is 4.90 Å². The molecule has 1 aliphatic heterocycles. The Kier molecular flexibility index (Phi) is 7.02. The molecule has 1 saturated heterocycles. The minimum absolute atomic E-state index is 0.194. The van der Waals surface area contributed by atoms with Gasteiger partial charge in [0, 0.05) is 26.1 Å². The second-order valence-electron chi connectivity index (χ2n) is 6.15. The van der Waals surface area contributed by atoms with E-state index in [2.05, 4.69) is 0 Å². The molecule has 0 aliphatic carbocycles. The minimum atomic E-state index is -7.23. The van der Waals surface area contributed by atoms with Gasteiger partial charge in [-0.1, -0.05) is 0 Å². The number of β-amino-alcohol motifs (C(OH)–C–C–N with tert-alkyl or cyclic N) is 1. The van der Waals surface area contributed by atoms with E-state index in [0.29, 0.717) is 0 Å². The highest BCUT2D eigenvalue weighted by Gasteiger charge is 2.82. The van der Waals surface area contributed by atoms with Crippen LogP contribution in [0.3, 0.4) is 0 Å². The van der Waals surface area contributed by atoms with Crippen molar-refractivity contribution in [1.82, 2.24) is 4.90 Å². The fraction of sp³-hybridized carbons (Fsp3) is 1.00. The summed E-state index contributed by atoms with van der Waals surface area (Å²) in [7, 11) is 0. The molecule has 0 bridgehead atoms. The normalized spacial score (nSPS) is 20.0. The molecular formula is C13H16F11NO2. The smallest absolute Gasteiger partial charge is 0.392 e. The summed E-state index contributed by atoms with van der Waals surface area (Å²) in [6.07, 6.45) is -14.2. The Morgan fingerprint density at radius 3 is 1.74 bits per heavy atom. The Balaban J connectivity index is 2.82. The van der Waals surface area contributed by atoms with Crippen LogP contribution in [0.15, 0.2) is 0 Å². The van der Waals surface area contributed by atoms with E-state index in [1.165, 1.54) is 4.90 Å². The largest absolute Gasteiger partial charge is 0.460 e. The summed E-state index contributed by atoms with van der Waals surface area (Å²) in [6, 6.07) is 0. The Labute approximate surface area is 146 Å². The molecule has 0 spiro atoms. The molecule has 1 rings (SSSR count). The van der Waals surface area contributed by atoms with Crippen LogP contribution in [0.5, 0.6) is 0 Å². The van der Waals surface area contributed by atoms with Crippen molar-refractivity contribution in [2.45, 2.75) is 48.8 Å². The van der Waals surface area contributed by atoms with E-state index in [1.54, 1.807) is 0 Å². The summed E-state index contributed by atoms with van der Waals surface area (Å²) < 4.78 is 146. The molecule has 0 aromatic rings. The number of aliphatic hydroxyl groups excluding tert-OH is 1. The van der Waals surface area contributed by atoms with Crippen LogP contribution in [0, 0.1) is 0 Å². The Hall–Kier alpha value is -0.890. The molecule has 0 aromatic carbocycles. The maximum atomic E-state index is 13.6. The maximum Gasteiger partial charge on any atom is 0.460 e. The standard InChI is InChI=1S/C13H16F11NO2/c14-9(15,5-8(26)6-25-1-3-27-4-2-25)7-10(16,17)11(18,19)12(20,21)13(22,23)24/h8,26H,1-7H2. The van der Waals surface area contributed by atoms with Gasteiger partial charge in [-0.15, -0.1) is 0 Å². The first-order valence-corrected chi connectivity index (χ1v) is 7.49. The lowest BCUT2D eigenvalue weighted by atomic mass is 9.95. The van der Waals surface area contributed by atoms with Crippen molar-refractivity contribution >= 4 is 0 Å². The minimum Gasteiger partial charge on any atom is -0.392 e. The summed E-state index contributed by atoms with van der Waals surface area (Å²) in [4.78, 5) is 1.40. The van der Waals surface area contributed by atoms with Gasteiger partial charge >= 0.3 is 23.9 Å². The third-order valence-corrected chi connectivity index (χ3v) is 3.80. The van der Waals surface area contributed by atoms with Crippen LogP contribution in [0.1, 0.15) is 12.8 Å². The highest BCUT2D eigenvalue weighted by Crippen LogP contribution is 2.55. The number of hydrogen-bond donors (Lipinski definition) is 1. The molecule has 3 nitrogen and oxygen atoms in total. The van der Waals surface area contributed by atoms with E-state index >= 15 is 0 Å². The lowest BCUT2D eigenvalue weighted by Crippen LogP contribution is -2.62. The summed E-state index contributed by atoms with van der Waals surface area (Å²) >= 11 is 0. The molecule has 162 valence electrons. The van der Waals surface area contributed by atoms with E-state index in [0.717, 1.165) is 0 Å². The van der Waals surface area contributed by atoms with Gasteiger partial charge < -0.3 is 9.84 Å². The lowest BCUT2D eigenvalue weighted by Gasteiger charge is -2.35.